The number of benzene rings is 3. The third-order valence-corrected chi connectivity index (χ3v) is 4.53. The van der Waals surface area contributed by atoms with Crippen LogP contribution < -0.4 is 51.4 Å². The summed E-state index contributed by atoms with van der Waals surface area (Å²) in [6, 6.07) is 14.8. The van der Waals surface area contributed by atoms with E-state index in [-0.39, 0.29) is 56.3 Å². The van der Waals surface area contributed by atoms with Crippen LogP contribution in [-0.4, -0.2) is 13.0 Å². The van der Waals surface area contributed by atoms with Crippen LogP contribution in [0.15, 0.2) is 66.1 Å². The van der Waals surface area contributed by atoms with Gasteiger partial charge in [-0.25, -0.2) is 8.42 Å². The molecule has 3 nitrogen and oxygen atoms in total. The van der Waals surface area contributed by atoms with Gasteiger partial charge in [-0.2, -0.15) is 0 Å². The van der Waals surface area contributed by atoms with E-state index in [1.165, 1.54) is 6.07 Å². The van der Waals surface area contributed by atoms with Crippen molar-refractivity contribution in [1.82, 2.24) is 0 Å². The fraction of sp³-hybridized carbons (Fsp3) is 0.0588. The summed E-state index contributed by atoms with van der Waals surface area (Å²) in [6.45, 7) is 3.65. The van der Waals surface area contributed by atoms with Crippen LogP contribution in [0.2, 0.25) is 0 Å². The van der Waals surface area contributed by atoms with Crippen LogP contribution in [0.4, 0.5) is 0 Å². The molecular weight excluding hydrogens is 323 g/mol. The average Bonchev–Trinajstić information content (AvgIpc) is 2.46. The van der Waals surface area contributed by atoms with Crippen molar-refractivity contribution in [2.75, 3.05) is 0 Å². The van der Waals surface area contributed by atoms with Gasteiger partial charge in [0, 0.05) is 0 Å². The third-order valence-electron chi connectivity index (χ3n) is 3.61. The SMILES string of the molecule is C=CCc1c(S(=O)(=O)[O-])ccc2c1ccc1ccccc12.[K+]. The molecule has 0 spiro atoms. The van der Waals surface area contributed by atoms with Crippen LogP contribution in [0.25, 0.3) is 21.5 Å². The molecule has 0 aliphatic carbocycles. The van der Waals surface area contributed by atoms with Crippen molar-refractivity contribution in [2.24, 2.45) is 0 Å². The summed E-state index contributed by atoms with van der Waals surface area (Å²) >= 11 is 0. The Morgan fingerprint density at radius 1 is 0.955 bits per heavy atom. The Hall–Kier alpha value is -0.534. The normalized spacial score (nSPS) is 11.3. The Morgan fingerprint density at radius 2 is 1.64 bits per heavy atom. The van der Waals surface area contributed by atoms with E-state index in [1.54, 1.807) is 12.1 Å². The molecule has 0 radical (unpaired) electrons. The van der Waals surface area contributed by atoms with Crippen LogP contribution in [0.3, 0.4) is 0 Å². The molecule has 3 aromatic carbocycles. The fourth-order valence-electron chi connectivity index (χ4n) is 2.72. The van der Waals surface area contributed by atoms with Crippen LogP contribution in [0.1, 0.15) is 5.56 Å². The molecule has 0 N–H and O–H groups in total. The van der Waals surface area contributed by atoms with Crippen LogP contribution in [0, 0.1) is 0 Å². The Bertz CT molecular complexity index is 962. The van der Waals surface area contributed by atoms with Gasteiger partial charge in [-0.3, -0.25) is 0 Å². The smallest absolute Gasteiger partial charge is 0.744 e. The van der Waals surface area contributed by atoms with E-state index in [0.717, 1.165) is 21.5 Å². The molecule has 22 heavy (non-hydrogen) atoms. The van der Waals surface area contributed by atoms with Gasteiger partial charge >= 0.3 is 51.4 Å². The number of allylic oxidation sites excluding steroid dienone is 1. The monoisotopic (exact) mass is 336 g/mol. The second-order valence-electron chi connectivity index (χ2n) is 4.87. The van der Waals surface area contributed by atoms with E-state index in [4.69, 9.17) is 0 Å². The maximum absolute atomic E-state index is 11.4. The Labute approximate surface area is 172 Å². The summed E-state index contributed by atoms with van der Waals surface area (Å²) in [5.74, 6) is 0. The van der Waals surface area contributed by atoms with Gasteiger partial charge in [0.1, 0.15) is 10.1 Å². The standard InChI is InChI=1S/C17H14O3S.K/c1-2-5-16-15-9-8-12-6-3-4-7-13(12)14(15)10-11-17(16)21(18,19)20;/h2-4,6-11H,1,5H2,(H,18,19,20);/q;+1/p-1. The molecule has 0 fully saturated rings. The predicted molar refractivity (Wildman–Crippen MR) is 83.3 cm³/mol. The fourth-order valence-corrected chi connectivity index (χ4v) is 3.45. The van der Waals surface area contributed by atoms with Gasteiger partial charge in [0.05, 0.1) is 4.90 Å². The molecule has 0 unspecified atom stereocenters. The zero-order valence-electron chi connectivity index (χ0n) is 12.2. The van der Waals surface area contributed by atoms with Crippen molar-refractivity contribution < 1.29 is 64.4 Å². The minimum atomic E-state index is -4.50. The zero-order valence-corrected chi connectivity index (χ0v) is 16.2. The van der Waals surface area contributed by atoms with Crippen molar-refractivity contribution >= 4 is 31.7 Å². The summed E-state index contributed by atoms with van der Waals surface area (Å²) < 4.78 is 34.3. The predicted octanol–water partition coefficient (Wildman–Crippen LogP) is 0.630. The van der Waals surface area contributed by atoms with Crippen molar-refractivity contribution in [3.63, 3.8) is 0 Å². The first-order chi connectivity index (χ1) is 10.0. The number of hydrogen-bond donors (Lipinski definition) is 0. The van der Waals surface area contributed by atoms with Gasteiger partial charge in [0.25, 0.3) is 0 Å². The molecule has 3 rings (SSSR count). The molecule has 0 amide bonds. The summed E-state index contributed by atoms with van der Waals surface area (Å²) in [4.78, 5) is -0.162. The summed E-state index contributed by atoms with van der Waals surface area (Å²) in [5.41, 5.74) is 0.517. The van der Waals surface area contributed by atoms with Gasteiger partial charge < -0.3 is 4.55 Å². The minimum absolute atomic E-state index is 0. The van der Waals surface area contributed by atoms with Gasteiger partial charge in [-0.05, 0) is 39.6 Å². The van der Waals surface area contributed by atoms with Crippen molar-refractivity contribution in [3.8, 4) is 0 Å². The molecule has 3 aromatic rings. The number of rotatable bonds is 3. The molecule has 0 aliphatic heterocycles. The maximum atomic E-state index is 11.4. The first-order valence-corrected chi connectivity index (χ1v) is 7.93. The Kier molecular flexibility index (Phi) is 5.61. The van der Waals surface area contributed by atoms with E-state index < -0.39 is 10.1 Å². The average molecular weight is 336 g/mol. The third kappa shape index (κ3) is 3.21. The molecule has 0 saturated carbocycles. The molecule has 0 aliphatic rings. The van der Waals surface area contributed by atoms with Crippen LogP contribution >= 0.6 is 0 Å². The van der Waals surface area contributed by atoms with E-state index in [9.17, 15) is 13.0 Å². The second kappa shape index (κ2) is 6.92. The molecule has 0 atom stereocenters. The molecule has 5 heteroatoms. The second-order valence-corrected chi connectivity index (χ2v) is 6.22. The van der Waals surface area contributed by atoms with Crippen LogP contribution in [-0.2, 0) is 16.5 Å². The van der Waals surface area contributed by atoms with E-state index in [1.807, 2.05) is 36.4 Å². The Balaban J connectivity index is 0.00000176. The van der Waals surface area contributed by atoms with E-state index >= 15 is 0 Å². The summed E-state index contributed by atoms with van der Waals surface area (Å²) in [6.07, 6.45) is 1.95. The van der Waals surface area contributed by atoms with Gasteiger partial charge in [0.2, 0.25) is 0 Å². The van der Waals surface area contributed by atoms with Gasteiger partial charge in [0.15, 0.2) is 0 Å². The molecular formula is C17H13KO3S. The maximum Gasteiger partial charge on any atom is 1.00 e. The topological polar surface area (TPSA) is 57.2 Å². The molecule has 0 saturated heterocycles. The largest absolute Gasteiger partial charge is 1.00 e. The van der Waals surface area contributed by atoms with E-state index in [2.05, 4.69) is 6.58 Å². The molecule has 0 heterocycles. The molecule has 0 aromatic heterocycles. The van der Waals surface area contributed by atoms with Gasteiger partial charge in [-0.1, -0.05) is 48.5 Å². The zero-order chi connectivity index (χ0) is 15.0. The quantitative estimate of drug-likeness (QED) is 0.305. The number of fused-ring (bicyclic) bond motifs is 3. The van der Waals surface area contributed by atoms with Crippen molar-refractivity contribution in [2.45, 2.75) is 11.3 Å². The Morgan fingerprint density at radius 3 is 2.32 bits per heavy atom. The first kappa shape index (κ1) is 17.8. The summed E-state index contributed by atoms with van der Waals surface area (Å²) in [7, 11) is -4.50. The molecule has 106 valence electrons. The first-order valence-electron chi connectivity index (χ1n) is 6.52. The van der Waals surface area contributed by atoms with Crippen LogP contribution in [0.5, 0.6) is 0 Å². The van der Waals surface area contributed by atoms with Gasteiger partial charge in [-0.15, -0.1) is 6.58 Å². The molecule has 0 bridgehead atoms. The number of hydrogen-bond acceptors (Lipinski definition) is 3. The van der Waals surface area contributed by atoms with E-state index in [0.29, 0.717) is 12.0 Å². The minimum Gasteiger partial charge on any atom is -0.744 e. The van der Waals surface area contributed by atoms with Crippen molar-refractivity contribution in [1.29, 1.82) is 0 Å². The van der Waals surface area contributed by atoms with Crippen molar-refractivity contribution in [3.05, 3.63) is 66.7 Å². The summed E-state index contributed by atoms with van der Waals surface area (Å²) in [5, 5.41) is 3.84.